The maximum Gasteiger partial charge on any atom is 0.339 e. The summed E-state index contributed by atoms with van der Waals surface area (Å²) in [4.78, 5) is 26.9. The van der Waals surface area contributed by atoms with E-state index >= 15 is 0 Å². The lowest BCUT2D eigenvalue weighted by Crippen LogP contribution is -2.03. The fourth-order valence-corrected chi connectivity index (χ4v) is 1.61. The third-order valence-electron chi connectivity index (χ3n) is 2.52. The summed E-state index contributed by atoms with van der Waals surface area (Å²) in [6, 6.07) is 6.57. The number of benzene rings is 1. The van der Waals surface area contributed by atoms with E-state index in [0.29, 0.717) is 22.0 Å². The third kappa shape index (κ3) is 2.15. The van der Waals surface area contributed by atoms with Gasteiger partial charge in [0.2, 0.25) is 0 Å². The lowest BCUT2D eigenvalue weighted by Gasteiger charge is -2.03. The van der Waals surface area contributed by atoms with E-state index < -0.39 is 11.9 Å². The number of aromatic nitrogens is 1. The molecule has 2 aromatic rings. The van der Waals surface area contributed by atoms with Gasteiger partial charge in [-0.25, -0.2) is 9.59 Å². The van der Waals surface area contributed by atoms with Gasteiger partial charge in [-0.15, -0.1) is 0 Å². The Kier molecular flexibility index (Phi) is 3.23. The first-order valence-corrected chi connectivity index (χ1v) is 5.22. The van der Waals surface area contributed by atoms with Crippen molar-refractivity contribution in [2.75, 3.05) is 14.2 Å². The van der Waals surface area contributed by atoms with E-state index in [-0.39, 0.29) is 0 Å². The maximum atomic E-state index is 11.4. The van der Waals surface area contributed by atoms with Crippen molar-refractivity contribution in [3.8, 4) is 0 Å². The Labute approximate surface area is 103 Å². The number of carbonyl (C=O) groups is 2. The number of rotatable bonds is 2. The number of carbonyl (C=O) groups excluding carboxylic acids is 2. The van der Waals surface area contributed by atoms with Gasteiger partial charge in [0.15, 0.2) is 0 Å². The highest BCUT2D eigenvalue weighted by Gasteiger charge is 2.10. The molecule has 0 radical (unpaired) electrons. The number of nitrogens with zero attached hydrogens (tertiary/aromatic N) is 1. The summed E-state index contributed by atoms with van der Waals surface area (Å²) in [6.07, 6.45) is 1.44. The summed E-state index contributed by atoms with van der Waals surface area (Å²) < 4.78 is 9.25. The number of hydrogen-bond donors (Lipinski definition) is 0. The third-order valence-corrected chi connectivity index (χ3v) is 2.52. The van der Waals surface area contributed by atoms with Crippen molar-refractivity contribution in [1.29, 1.82) is 0 Å². The number of esters is 2. The van der Waals surface area contributed by atoms with Gasteiger partial charge in [-0.1, -0.05) is 0 Å². The molecule has 18 heavy (non-hydrogen) atoms. The van der Waals surface area contributed by atoms with Crippen LogP contribution in [0.15, 0.2) is 30.5 Å². The van der Waals surface area contributed by atoms with Crippen LogP contribution in [0.5, 0.6) is 0 Å². The van der Waals surface area contributed by atoms with Gasteiger partial charge in [-0.05, 0) is 24.3 Å². The van der Waals surface area contributed by atoms with Gasteiger partial charge >= 0.3 is 11.9 Å². The Hall–Kier alpha value is -2.43. The molecule has 1 heterocycles. The smallest absolute Gasteiger partial charge is 0.339 e. The lowest BCUT2D eigenvalue weighted by atomic mass is 10.1. The van der Waals surface area contributed by atoms with E-state index in [4.69, 9.17) is 0 Å². The molecule has 5 nitrogen and oxygen atoms in total. The topological polar surface area (TPSA) is 65.5 Å². The van der Waals surface area contributed by atoms with Crippen molar-refractivity contribution in [2.24, 2.45) is 0 Å². The molecule has 0 saturated heterocycles. The monoisotopic (exact) mass is 245 g/mol. The molecule has 0 amide bonds. The van der Waals surface area contributed by atoms with Crippen molar-refractivity contribution >= 4 is 22.8 Å². The minimum atomic E-state index is -0.465. The summed E-state index contributed by atoms with van der Waals surface area (Å²) in [5.74, 6) is -0.895. The summed E-state index contributed by atoms with van der Waals surface area (Å²) in [7, 11) is 2.62. The fraction of sp³-hybridized carbons (Fsp3) is 0.154. The van der Waals surface area contributed by atoms with Crippen molar-refractivity contribution in [3.63, 3.8) is 0 Å². The molecular weight excluding hydrogens is 234 g/mol. The van der Waals surface area contributed by atoms with Gasteiger partial charge in [0.05, 0.1) is 30.9 Å². The number of hydrogen-bond acceptors (Lipinski definition) is 5. The highest BCUT2D eigenvalue weighted by atomic mass is 16.5. The van der Waals surface area contributed by atoms with Crippen LogP contribution in [-0.2, 0) is 9.47 Å². The Morgan fingerprint density at radius 3 is 2.28 bits per heavy atom. The Balaban J connectivity index is 2.53. The molecule has 1 aromatic heterocycles. The second-order valence-electron chi connectivity index (χ2n) is 3.61. The molecule has 0 bridgehead atoms. The van der Waals surface area contributed by atoms with Crippen molar-refractivity contribution in [3.05, 3.63) is 41.6 Å². The van der Waals surface area contributed by atoms with Crippen LogP contribution in [0, 0.1) is 0 Å². The van der Waals surface area contributed by atoms with Crippen LogP contribution in [0.2, 0.25) is 0 Å². The molecule has 0 aliphatic heterocycles. The van der Waals surface area contributed by atoms with Crippen LogP contribution < -0.4 is 0 Å². The highest BCUT2D eigenvalue weighted by molar-refractivity contribution is 5.97. The second kappa shape index (κ2) is 4.83. The van der Waals surface area contributed by atoms with E-state index in [2.05, 4.69) is 14.5 Å². The largest absolute Gasteiger partial charge is 0.465 e. The van der Waals surface area contributed by atoms with Crippen LogP contribution in [0.1, 0.15) is 20.7 Å². The highest BCUT2D eigenvalue weighted by Crippen LogP contribution is 2.16. The molecule has 0 atom stereocenters. The molecule has 0 fully saturated rings. The van der Waals surface area contributed by atoms with Crippen LogP contribution in [0.3, 0.4) is 0 Å². The van der Waals surface area contributed by atoms with E-state index in [0.717, 1.165) is 0 Å². The summed E-state index contributed by atoms with van der Waals surface area (Å²) >= 11 is 0. The molecule has 1 aromatic carbocycles. The van der Waals surface area contributed by atoms with Gasteiger partial charge in [0.25, 0.3) is 0 Å². The van der Waals surface area contributed by atoms with E-state index in [1.807, 2.05) is 0 Å². The van der Waals surface area contributed by atoms with Crippen molar-refractivity contribution in [1.82, 2.24) is 4.98 Å². The van der Waals surface area contributed by atoms with Gasteiger partial charge < -0.3 is 9.47 Å². The maximum absolute atomic E-state index is 11.4. The molecule has 0 aliphatic carbocycles. The van der Waals surface area contributed by atoms with Crippen molar-refractivity contribution < 1.29 is 19.1 Å². The fourth-order valence-electron chi connectivity index (χ4n) is 1.61. The predicted octanol–water partition coefficient (Wildman–Crippen LogP) is 1.81. The van der Waals surface area contributed by atoms with E-state index in [1.165, 1.54) is 20.4 Å². The van der Waals surface area contributed by atoms with Crippen LogP contribution >= 0.6 is 0 Å². The first-order chi connectivity index (χ1) is 8.65. The van der Waals surface area contributed by atoms with Crippen LogP contribution in [0.25, 0.3) is 10.9 Å². The quantitative estimate of drug-likeness (QED) is 0.755. The average Bonchev–Trinajstić information content (AvgIpc) is 2.44. The SMILES string of the molecule is COC(=O)c1ccc2ncc(C(=O)OC)cc2c1. The molecule has 92 valence electrons. The summed E-state index contributed by atoms with van der Waals surface area (Å²) in [6.45, 7) is 0. The zero-order valence-electron chi connectivity index (χ0n) is 9.97. The molecule has 0 saturated carbocycles. The van der Waals surface area contributed by atoms with Crippen LogP contribution in [0.4, 0.5) is 0 Å². The molecular formula is C13H11NO4. The van der Waals surface area contributed by atoms with E-state index in [1.54, 1.807) is 24.3 Å². The minimum absolute atomic E-state index is 0.340. The molecule has 2 rings (SSSR count). The first kappa shape index (κ1) is 12.0. The lowest BCUT2D eigenvalue weighted by molar-refractivity contribution is 0.0592. The molecule has 0 aliphatic rings. The van der Waals surface area contributed by atoms with Crippen molar-refractivity contribution in [2.45, 2.75) is 0 Å². The minimum Gasteiger partial charge on any atom is -0.465 e. The molecule has 0 spiro atoms. The van der Waals surface area contributed by atoms with Gasteiger partial charge in [0.1, 0.15) is 0 Å². The Morgan fingerprint density at radius 2 is 1.61 bits per heavy atom. The number of methoxy groups -OCH3 is 2. The van der Waals surface area contributed by atoms with Crippen LogP contribution in [-0.4, -0.2) is 31.1 Å². The van der Waals surface area contributed by atoms with Gasteiger partial charge in [0, 0.05) is 11.6 Å². The zero-order chi connectivity index (χ0) is 13.1. The van der Waals surface area contributed by atoms with Gasteiger partial charge in [-0.2, -0.15) is 0 Å². The predicted molar refractivity (Wildman–Crippen MR) is 64.4 cm³/mol. The normalized spacial score (nSPS) is 10.1. The van der Waals surface area contributed by atoms with E-state index in [9.17, 15) is 9.59 Å². The standard InChI is InChI=1S/C13H11NO4/c1-17-12(15)8-3-4-11-9(5-8)6-10(7-14-11)13(16)18-2/h3-7H,1-2H3. The zero-order valence-corrected chi connectivity index (χ0v) is 9.97. The number of pyridine rings is 1. The number of ether oxygens (including phenoxy) is 2. The molecule has 0 N–H and O–H groups in total. The molecule has 5 heteroatoms. The summed E-state index contributed by atoms with van der Waals surface area (Å²) in [5.41, 5.74) is 1.44. The number of fused-ring (bicyclic) bond motifs is 1. The van der Waals surface area contributed by atoms with Gasteiger partial charge in [-0.3, -0.25) is 4.98 Å². The first-order valence-electron chi connectivity index (χ1n) is 5.22. The Bertz CT molecular complexity index is 571. The molecule has 0 unspecified atom stereocenters. The average molecular weight is 245 g/mol. The second-order valence-corrected chi connectivity index (χ2v) is 3.61. The Morgan fingerprint density at radius 1 is 1.00 bits per heavy atom. The summed E-state index contributed by atoms with van der Waals surface area (Å²) in [5, 5.41) is 0.681.